The predicted octanol–water partition coefficient (Wildman–Crippen LogP) is 2.57. The summed E-state index contributed by atoms with van der Waals surface area (Å²) in [6.07, 6.45) is 2.98. The van der Waals surface area contributed by atoms with E-state index >= 15 is 0 Å². The van der Waals surface area contributed by atoms with Crippen molar-refractivity contribution in [3.8, 4) is 0 Å². The Hall–Kier alpha value is -1.62. The van der Waals surface area contributed by atoms with Crippen molar-refractivity contribution < 1.29 is 9.53 Å². The van der Waals surface area contributed by atoms with Crippen LogP contribution in [-0.4, -0.2) is 30.3 Å². The highest BCUT2D eigenvalue weighted by Gasteiger charge is 2.30. The maximum atomic E-state index is 11.8. The van der Waals surface area contributed by atoms with Gasteiger partial charge in [0.05, 0.1) is 6.10 Å². The lowest BCUT2D eigenvalue weighted by Gasteiger charge is -2.22. The van der Waals surface area contributed by atoms with Gasteiger partial charge in [-0.25, -0.2) is 9.78 Å². The molecule has 2 heterocycles. The first kappa shape index (κ1) is 14.8. The van der Waals surface area contributed by atoms with Crippen LogP contribution in [0.3, 0.4) is 0 Å². The zero-order valence-corrected chi connectivity index (χ0v) is 12.3. The molecule has 5 nitrogen and oxygen atoms in total. The van der Waals surface area contributed by atoms with E-state index in [0.29, 0.717) is 24.2 Å². The number of urea groups is 1. The first-order valence-electron chi connectivity index (χ1n) is 7.15. The number of nitrogens with zero attached hydrogens (tertiary/aromatic N) is 1. The minimum atomic E-state index is -0.212. The number of pyridine rings is 1. The lowest BCUT2D eigenvalue weighted by Crippen LogP contribution is -2.37. The first-order valence-corrected chi connectivity index (χ1v) is 7.15. The molecule has 1 fully saturated rings. The van der Waals surface area contributed by atoms with Crippen molar-refractivity contribution in [3.63, 3.8) is 0 Å². The van der Waals surface area contributed by atoms with Crippen LogP contribution in [0.1, 0.15) is 25.8 Å². The van der Waals surface area contributed by atoms with Crippen LogP contribution in [0.5, 0.6) is 0 Å². The number of ether oxygens (including phenoxy) is 1. The van der Waals surface area contributed by atoms with Crippen LogP contribution in [0.2, 0.25) is 0 Å². The molecule has 2 rings (SSSR count). The molecule has 1 aromatic heterocycles. The molecule has 1 saturated heterocycles. The van der Waals surface area contributed by atoms with Crippen LogP contribution in [-0.2, 0) is 4.74 Å². The van der Waals surface area contributed by atoms with Crippen LogP contribution in [0.25, 0.3) is 0 Å². The summed E-state index contributed by atoms with van der Waals surface area (Å²) in [6, 6.07) is 3.50. The van der Waals surface area contributed by atoms with Crippen molar-refractivity contribution in [3.05, 3.63) is 23.9 Å². The molecule has 1 aliphatic heterocycles. The summed E-state index contributed by atoms with van der Waals surface area (Å²) in [5.74, 6) is 1.44. The zero-order chi connectivity index (χ0) is 14.5. The maximum absolute atomic E-state index is 11.8. The van der Waals surface area contributed by atoms with Crippen molar-refractivity contribution >= 4 is 11.8 Å². The molecule has 0 bridgehead atoms. The highest BCUT2D eigenvalue weighted by atomic mass is 16.5. The topological polar surface area (TPSA) is 63.2 Å². The van der Waals surface area contributed by atoms with Crippen LogP contribution in [0.15, 0.2) is 18.3 Å². The number of anilines is 1. The van der Waals surface area contributed by atoms with Crippen LogP contribution in [0.4, 0.5) is 10.6 Å². The summed E-state index contributed by atoms with van der Waals surface area (Å²) < 4.78 is 5.71. The molecule has 2 N–H and O–H groups in total. The van der Waals surface area contributed by atoms with E-state index in [1.165, 1.54) is 0 Å². The van der Waals surface area contributed by atoms with E-state index in [1.54, 1.807) is 12.3 Å². The minimum absolute atomic E-state index is 0.212. The van der Waals surface area contributed by atoms with E-state index in [4.69, 9.17) is 4.74 Å². The Morgan fingerprint density at radius 1 is 1.50 bits per heavy atom. The third-order valence-electron chi connectivity index (χ3n) is 3.60. The Morgan fingerprint density at radius 3 is 2.95 bits per heavy atom. The molecular formula is C15H23N3O2. The number of aromatic nitrogens is 1. The molecule has 1 aliphatic rings. The monoisotopic (exact) mass is 277 g/mol. The van der Waals surface area contributed by atoms with Gasteiger partial charge in [-0.3, -0.25) is 5.32 Å². The first-order chi connectivity index (χ1) is 9.56. The van der Waals surface area contributed by atoms with E-state index < -0.39 is 0 Å². The number of carbonyl (C=O) groups excluding carboxylic acids is 1. The van der Waals surface area contributed by atoms with E-state index in [-0.39, 0.29) is 12.1 Å². The average Bonchev–Trinajstić information content (AvgIpc) is 2.88. The molecule has 5 heteroatoms. The Bertz CT molecular complexity index is 445. The Labute approximate surface area is 120 Å². The van der Waals surface area contributed by atoms with Gasteiger partial charge in [0.15, 0.2) is 0 Å². The van der Waals surface area contributed by atoms with Gasteiger partial charge in [0, 0.05) is 25.3 Å². The standard InChI is InChI=1S/C15H23N3O2/c1-10(2)14-12(6-7-20-14)9-17-15(19)18-13-5-4-11(3)8-16-13/h4-5,8,10,12,14H,6-7,9H2,1-3H3,(H2,16,17,18,19)/t12-,14-/m1/s1. The minimum Gasteiger partial charge on any atom is -0.378 e. The second kappa shape index (κ2) is 6.70. The van der Waals surface area contributed by atoms with Crippen LogP contribution < -0.4 is 10.6 Å². The molecular weight excluding hydrogens is 254 g/mol. The molecule has 0 aliphatic carbocycles. The maximum Gasteiger partial charge on any atom is 0.320 e. The zero-order valence-electron chi connectivity index (χ0n) is 12.3. The largest absolute Gasteiger partial charge is 0.378 e. The lowest BCUT2D eigenvalue weighted by molar-refractivity contribution is 0.0546. The molecule has 0 radical (unpaired) electrons. The van der Waals surface area contributed by atoms with E-state index in [0.717, 1.165) is 18.6 Å². The Kier molecular flexibility index (Phi) is 4.95. The Morgan fingerprint density at radius 2 is 2.30 bits per heavy atom. The number of hydrogen-bond donors (Lipinski definition) is 2. The van der Waals surface area contributed by atoms with Crippen molar-refractivity contribution in [2.24, 2.45) is 11.8 Å². The molecule has 2 amide bonds. The highest BCUT2D eigenvalue weighted by molar-refractivity contribution is 5.88. The number of aryl methyl sites for hydroxylation is 1. The van der Waals surface area contributed by atoms with Crippen molar-refractivity contribution in [1.29, 1.82) is 0 Å². The summed E-state index contributed by atoms with van der Waals surface area (Å²) in [4.78, 5) is 16.0. The van der Waals surface area contributed by atoms with Crippen LogP contribution in [0, 0.1) is 18.8 Å². The molecule has 110 valence electrons. The van der Waals surface area contributed by atoms with Gasteiger partial charge < -0.3 is 10.1 Å². The van der Waals surface area contributed by atoms with Gasteiger partial charge in [-0.15, -0.1) is 0 Å². The second-order valence-corrected chi connectivity index (χ2v) is 5.68. The molecule has 0 unspecified atom stereocenters. The molecule has 0 saturated carbocycles. The van der Waals surface area contributed by atoms with Crippen molar-refractivity contribution in [2.45, 2.75) is 33.3 Å². The number of rotatable bonds is 4. The Balaban J connectivity index is 1.79. The third kappa shape index (κ3) is 3.93. The third-order valence-corrected chi connectivity index (χ3v) is 3.60. The highest BCUT2D eigenvalue weighted by Crippen LogP contribution is 2.26. The summed E-state index contributed by atoms with van der Waals surface area (Å²) >= 11 is 0. The fourth-order valence-electron chi connectivity index (χ4n) is 2.54. The predicted molar refractivity (Wildman–Crippen MR) is 78.7 cm³/mol. The quantitative estimate of drug-likeness (QED) is 0.889. The van der Waals surface area contributed by atoms with E-state index in [9.17, 15) is 4.79 Å². The van der Waals surface area contributed by atoms with E-state index in [1.807, 2.05) is 13.0 Å². The normalized spacial score (nSPS) is 22.0. The lowest BCUT2D eigenvalue weighted by atomic mass is 9.93. The van der Waals surface area contributed by atoms with Gasteiger partial charge in [-0.05, 0) is 30.9 Å². The number of carbonyl (C=O) groups is 1. The van der Waals surface area contributed by atoms with Crippen LogP contribution >= 0.6 is 0 Å². The fourth-order valence-corrected chi connectivity index (χ4v) is 2.54. The van der Waals surface area contributed by atoms with Gasteiger partial charge in [0.2, 0.25) is 0 Å². The number of hydrogen-bond acceptors (Lipinski definition) is 3. The van der Waals surface area contributed by atoms with Gasteiger partial charge in [-0.1, -0.05) is 19.9 Å². The fraction of sp³-hybridized carbons (Fsp3) is 0.600. The van der Waals surface area contributed by atoms with Gasteiger partial charge >= 0.3 is 6.03 Å². The molecule has 0 aromatic carbocycles. The SMILES string of the molecule is Cc1ccc(NC(=O)NC[C@H]2CCO[C@@H]2C(C)C)nc1. The van der Waals surface area contributed by atoms with Crippen molar-refractivity contribution in [1.82, 2.24) is 10.3 Å². The van der Waals surface area contributed by atoms with Crippen molar-refractivity contribution in [2.75, 3.05) is 18.5 Å². The second-order valence-electron chi connectivity index (χ2n) is 5.68. The van der Waals surface area contributed by atoms with E-state index in [2.05, 4.69) is 29.5 Å². The summed E-state index contributed by atoms with van der Waals surface area (Å²) in [5.41, 5.74) is 1.07. The average molecular weight is 277 g/mol. The molecule has 2 atom stereocenters. The summed E-state index contributed by atoms with van der Waals surface area (Å²) in [5, 5.41) is 5.64. The number of amides is 2. The smallest absolute Gasteiger partial charge is 0.320 e. The molecule has 20 heavy (non-hydrogen) atoms. The molecule has 0 spiro atoms. The van der Waals surface area contributed by atoms with Gasteiger partial charge in [-0.2, -0.15) is 0 Å². The summed E-state index contributed by atoms with van der Waals surface area (Å²) in [6.45, 7) is 7.69. The number of nitrogens with one attached hydrogen (secondary N) is 2. The van der Waals surface area contributed by atoms with Gasteiger partial charge in [0.1, 0.15) is 5.82 Å². The summed E-state index contributed by atoms with van der Waals surface area (Å²) in [7, 11) is 0. The molecule has 1 aromatic rings. The van der Waals surface area contributed by atoms with Gasteiger partial charge in [0.25, 0.3) is 0 Å².